The fourth-order valence-corrected chi connectivity index (χ4v) is 4.87. The van der Waals surface area contributed by atoms with E-state index in [1.54, 1.807) is 11.5 Å². The molecule has 2 saturated heterocycles. The summed E-state index contributed by atoms with van der Waals surface area (Å²) in [7, 11) is 0. The van der Waals surface area contributed by atoms with Gasteiger partial charge in [0.15, 0.2) is 5.34 Å². The summed E-state index contributed by atoms with van der Waals surface area (Å²) >= 11 is 0. The average molecular weight is 559 g/mol. The molecule has 2 aliphatic heterocycles. The fourth-order valence-electron chi connectivity index (χ4n) is 4.87. The van der Waals surface area contributed by atoms with Crippen LogP contribution in [-0.2, 0) is 19.1 Å². The number of ether oxygens (including phenoxy) is 2. The van der Waals surface area contributed by atoms with Crippen LogP contribution in [0, 0.1) is 4.91 Å². The number of nitrogens with zero attached hydrogens (tertiary/aromatic N) is 4. The molecule has 1 atom stereocenters. The highest BCUT2D eigenvalue weighted by molar-refractivity contribution is 5.92. The summed E-state index contributed by atoms with van der Waals surface area (Å²) in [6.45, 7) is 15.1. The third-order valence-electron chi connectivity index (χ3n) is 6.70. The van der Waals surface area contributed by atoms with E-state index in [-0.39, 0.29) is 24.2 Å². The fraction of sp³-hybridized carbons (Fsp3) is 0.621. The first-order valence-corrected chi connectivity index (χ1v) is 13.7. The number of hydrogen-bond donors (Lipinski definition) is 0. The average Bonchev–Trinajstić information content (AvgIpc) is 3.48. The number of para-hydroxylation sites is 1. The summed E-state index contributed by atoms with van der Waals surface area (Å²) in [5, 5.41) is 3.45. The lowest BCUT2D eigenvalue weighted by atomic mass is 9.89. The van der Waals surface area contributed by atoms with Gasteiger partial charge in [-0.1, -0.05) is 18.2 Å². The number of carbonyl (C=O) groups excluding carboxylic acids is 3. The topological polar surface area (TPSA) is 120 Å². The van der Waals surface area contributed by atoms with Crippen LogP contribution in [0.5, 0.6) is 0 Å². The van der Waals surface area contributed by atoms with E-state index < -0.39 is 11.2 Å². The molecule has 2 aromatic rings. The van der Waals surface area contributed by atoms with Crippen LogP contribution in [0.25, 0.3) is 10.9 Å². The quantitative estimate of drug-likeness (QED) is 0.343. The van der Waals surface area contributed by atoms with Crippen LogP contribution in [0.1, 0.15) is 79.2 Å². The van der Waals surface area contributed by atoms with Crippen LogP contribution >= 0.6 is 0 Å². The van der Waals surface area contributed by atoms with E-state index in [4.69, 9.17) is 9.47 Å². The summed E-state index contributed by atoms with van der Waals surface area (Å²) < 4.78 is 12.3. The molecule has 1 aromatic carbocycles. The van der Waals surface area contributed by atoms with Gasteiger partial charge in [-0.15, -0.1) is 4.91 Å². The summed E-state index contributed by atoms with van der Waals surface area (Å²) in [4.78, 5) is 53.5. The lowest BCUT2D eigenvalue weighted by Gasteiger charge is -2.31. The number of piperidine rings is 1. The SMILES string of the molecule is CC(=O)N1CCC(c2cn(C(=O)OC(C)(C)C)c3ccccc23)CC1.CC(C)(C)OC(=O)N1CC[C@@H](ON=O)C1. The van der Waals surface area contributed by atoms with Crippen LogP contribution in [0.2, 0.25) is 0 Å². The zero-order chi connectivity index (χ0) is 29.7. The van der Waals surface area contributed by atoms with Crippen LogP contribution in [0.3, 0.4) is 0 Å². The Morgan fingerprint density at radius 3 is 2.00 bits per heavy atom. The lowest BCUT2D eigenvalue weighted by molar-refractivity contribution is -0.129. The van der Waals surface area contributed by atoms with Gasteiger partial charge < -0.3 is 24.1 Å². The van der Waals surface area contributed by atoms with Gasteiger partial charge in [-0.05, 0) is 71.9 Å². The number of carbonyl (C=O) groups is 3. The first-order chi connectivity index (χ1) is 18.7. The Bertz CT molecular complexity index is 1200. The van der Waals surface area contributed by atoms with Gasteiger partial charge in [0.05, 0.1) is 12.1 Å². The number of hydrogen-bond acceptors (Lipinski definition) is 8. The first kappa shape index (κ1) is 30.9. The normalized spacial score (nSPS) is 18.1. The highest BCUT2D eigenvalue weighted by Gasteiger charge is 2.31. The number of benzene rings is 1. The maximum atomic E-state index is 12.6. The molecule has 1 aromatic heterocycles. The number of amides is 2. The molecule has 11 heteroatoms. The van der Waals surface area contributed by atoms with Crippen molar-refractivity contribution in [2.45, 2.75) is 91.0 Å². The number of fused-ring (bicyclic) bond motifs is 1. The van der Waals surface area contributed by atoms with Gasteiger partial charge in [-0.25, -0.2) is 9.59 Å². The molecular weight excluding hydrogens is 516 g/mol. The Labute approximate surface area is 235 Å². The molecule has 0 bridgehead atoms. The van der Waals surface area contributed by atoms with Gasteiger partial charge in [-0.2, -0.15) is 0 Å². The molecule has 0 spiro atoms. The maximum absolute atomic E-state index is 12.6. The minimum Gasteiger partial charge on any atom is -0.444 e. The molecule has 4 rings (SSSR count). The monoisotopic (exact) mass is 558 g/mol. The molecule has 2 amide bonds. The highest BCUT2D eigenvalue weighted by Crippen LogP contribution is 2.35. The standard InChI is InChI=1S/C20H26N2O3.C9H16N2O4/c1-14(23)21-11-9-15(10-12-21)17-13-22(19(24)25-20(2,3)4)18-8-6-5-7-16(17)18;1-9(2,3)14-8(12)11-5-4-7(6-11)15-10-13/h5-8,13,15H,9-12H2,1-4H3;7H,4-6H2,1-3H3/t;7-/m.1/s1. The predicted molar refractivity (Wildman–Crippen MR) is 151 cm³/mol. The Balaban J connectivity index is 0.000000252. The van der Waals surface area contributed by atoms with E-state index in [0.29, 0.717) is 25.4 Å². The number of rotatable bonds is 3. The van der Waals surface area contributed by atoms with E-state index >= 15 is 0 Å². The summed E-state index contributed by atoms with van der Waals surface area (Å²) in [6, 6.07) is 7.94. The molecular formula is C29H42N4O7. The van der Waals surface area contributed by atoms with E-state index in [1.165, 1.54) is 10.5 Å². The molecule has 0 radical (unpaired) electrons. The molecule has 0 aliphatic carbocycles. The minimum absolute atomic E-state index is 0.134. The van der Waals surface area contributed by atoms with Crippen molar-refractivity contribution < 1.29 is 28.7 Å². The third-order valence-corrected chi connectivity index (χ3v) is 6.70. The van der Waals surface area contributed by atoms with Crippen LogP contribution < -0.4 is 0 Å². The van der Waals surface area contributed by atoms with Crippen molar-refractivity contribution >= 4 is 29.0 Å². The van der Waals surface area contributed by atoms with Crippen molar-refractivity contribution in [1.29, 1.82) is 0 Å². The zero-order valence-electron chi connectivity index (χ0n) is 24.6. The lowest BCUT2D eigenvalue weighted by Crippen LogP contribution is -2.36. The Kier molecular flexibility index (Phi) is 9.81. The summed E-state index contributed by atoms with van der Waals surface area (Å²) in [5.74, 6) is 0.485. The second kappa shape index (κ2) is 12.7. The molecule has 220 valence electrons. The largest absolute Gasteiger partial charge is 0.444 e. The van der Waals surface area contributed by atoms with Crippen molar-refractivity contribution in [3.63, 3.8) is 0 Å². The smallest absolute Gasteiger partial charge is 0.419 e. The Hall–Kier alpha value is -3.63. The first-order valence-electron chi connectivity index (χ1n) is 13.7. The van der Waals surface area contributed by atoms with Gasteiger partial charge in [-0.3, -0.25) is 9.36 Å². The predicted octanol–water partition coefficient (Wildman–Crippen LogP) is 5.84. The molecule has 3 heterocycles. The van der Waals surface area contributed by atoms with Gasteiger partial charge in [0.2, 0.25) is 5.91 Å². The Morgan fingerprint density at radius 2 is 1.43 bits per heavy atom. The summed E-state index contributed by atoms with van der Waals surface area (Å²) in [5.41, 5.74) is 1.01. The van der Waals surface area contributed by atoms with Crippen molar-refractivity contribution in [3.8, 4) is 0 Å². The minimum atomic E-state index is -0.532. The van der Waals surface area contributed by atoms with Crippen LogP contribution in [-0.4, -0.2) is 75.9 Å². The molecule has 11 nitrogen and oxygen atoms in total. The summed E-state index contributed by atoms with van der Waals surface area (Å²) in [6.07, 6.45) is 3.35. The van der Waals surface area contributed by atoms with Crippen molar-refractivity contribution in [2.24, 2.45) is 5.34 Å². The van der Waals surface area contributed by atoms with Gasteiger partial charge in [0.1, 0.15) is 17.3 Å². The Morgan fingerprint density at radius 1 is 0.850 bits per heavy atom. The van der Waals surface area contributed by atoms with Crippen molar-refractivity contribution in [1.82, 2.24) is 14.4 Å². The van der Waals surface area contributed by atoms with E-state index in [0.717, 1.165) is 36.8 Å². The molecule has 0 N–H and O–H groups in total. The molecule has 0 saturated carbocycles. The van der Waals surface area contributed by atoms with Gasteiger partial charge in [0.25, 0.3) is 0 Å². The third kappa shape index (κ3) is 8.43. The van der Waals surface area contributed by atoms with E-state index in [1.807, 2.05) is 70.8 Å². The van der Waals surface area contributed by atoms with E-state index in [2.05, 4.69) is 16.2 Å². The van der Waals surface area contributed by atoms with Crippen molar-refractivity contribution in [3.05, 3.63) is 40.9 Å². The molecule has 40 heavy (non-hydrogen) atoms. The van der Waals surface area contributed by atoms with Crippen LogP contribution in [0.15, 0.2) is 35.8 Å². The second-order valence-electron chi connectivity index (χ2n) is 12.2. The maximum Gasteiger partial charge on any atom is 0.419 e. The second-order valence-corrected chi connectivity index (χ2v) is 12.2. The zero-order valence-corrected chi connectivity index (χ0v) is 24.6. The van der Waals surface area contributed by atoms with E-state index in [9.17, 15) is 19.3 Å². The van der Waals surface area contributed by atoms with Gasteiger partial charge in [0, 0.05) is 44.6 Å². The van der Waals surface area contributed by atoms with Crippen molar-refractivity contribution in [2.75, 3.05) is 26.2 Å². The number of likely N-dealkylation sites (tertiary alicyclic amines) is 2. The highest BCUT2D eigenvalue weighted by atomic mass is 16.7. The molecule has 0 unspecified atom stereocenters. The molecule has 2 fully saturated rings. The number of aromatic nitrogens is 1. The van der Waals surface area contributed by atoms with Crippen LogP contribution in [0.4, 0.5) is 9.59 Å². The van der Waals surface area contributed by atoms with Gasteiger partial charge >= 0.3 is 12.2 Å². The molecule has 2 aliphatic rings.